The first kappa shape index (κ1) is 22.5. The predicted molar refractivity (Wildman–Crippen MR) is 99.2 cm³/mol. The van der Waals surface area contributed by atoms with E-state index >= 15 is 0 Å². The van der Waals surface area contributed by atoms with Gasteiger partial charge >= 0.3 is 12.1 Å². The summed E-state index contributed by atoms with van der Waals surface area (Å²) in [5.74, 6) is -0.709. The minimum absolute atomic E-state index is 0.0399. The summed E-state index contributed by atoms with van der Waals surface area (Å²) in [7, 11) is 1.14. The molecule has 2 atom stereocenters. The van der Waals surface area contributed by atoms with Crippen LogP contribution >= 0.6 is 23.2 Å². The van der Waals surface area contributed by atoms with E-state index in [2.05, 4.69) is 4.74 Å². The zero-order chi connectivity index (χ0) is 21.1. The van der Waals surface area contributed by atoms with Crippen LogP contribution < -0.4 is 4.31 Å². The van der Waals surface area contributed by atoms with Crippen LogP contribution in [0.5, 0.6) is 0 Å². The highest BCUT2D eigenvalue weighted by atomic mass is 35.5. The van der Waals surface area contributed by atoms with Crippen molar-refractivity contribution in [1.82, 2.24) is 0 Å². The van der Waals surface area contributed by atoms with E-state index in [0.29, 0.717) is 0 Å². The van der Waals surface area contributed by atoms with Gasteiger partial charge in [0.1, 0.15) is 6.04 Å². The molecule has 2 unspecified atom stereocenters. The molecule has 0 saturated heterocycles. The van der Waals surface area contributed by atoms with E-state index in [0.717, 1.165) is 19.2 Å². The fourth-order valence-corrected chi connectivity index (χ4v) is 3.57. The second-order valence-corrected chi connectivity index (χ2v) is 7.17. The number of esters is 1. The number of benzene rings is 2. The maximum Gasteiger partial charge on any atom is 0.410 e. The van der Waals surface area contributed by atoms with Crippen LogP contribution in [0.2, 0.25) is 10.0 Å². The standard InChI is InChI=1S/C17H14Cl2F3NO4S/c1-27-16(24)10-5-7-12(8-6-10)23(28(25)26)14(17(20,21)22)9-11-3-2-4-13(18)15(11)19/h2-8,14H,9H2,1H3,(H,25,26)/p-1. The molecule has 0 saturated carbocycles. The Labute approximate surface area is 171 Å². The van der Waals surface area contributed by atoms with Crippen LogP contribution in [-0.2, 0) is 22.4 Å². The van der Waals surface area contributed by atoms with Gasteiger partial charge in [-0.3, -0.25) is 8.51 Å². The SMILES string of the molecule is COC(=O)c1ccc(N(C(Cc2cccc(Cl)c2Cl)C(F)(F)F)S(=O)[O-])cc1. The van der Waals surface area contributed by atoms with Gasteiger partial charge in [-0.15, -0.1) is 0 Å². The molecule has 0 N–H and O–H groups in total. The summed E-state index contributed by atoms with van der Waals surface area (Å²) in [6.45, 7) is 0. The molecule has 0 aliphatic rings. The van der Waals surface area contributed by atoms with Gasteiger partial charge < -0.3 is 9.29 Å². The van der Waals surface area contributed by atoms with Crippen molar-refractivity contribution in [3.63, 3.8) is 0 Å². The molecule has 152 valence electrons. The molecule has 0 spiro atoms. The first-order chi connectivity index (χ1) is 13.1. The van der Waals surface area contributed by atoms with Gasteiger partial charge in [-0.25, -0.2) is 4.79 Å². The molecule has 0 aromatic heterocycles. The number of hydrogen-bond acceptors (Lipinski definition) is 4. The van der Waals surface area contributed by atoms with E-state index in [1.807, 2.05) is 0 Å². The number of hydrogen-bond donors (Lipinski definition) is 0. The van der Waals surface area contributed by atoms with E-state index in [4.69, 9.17) is 23.2 Å². The molecule has 11 heteroatoms. The third-order valence-corrected chi connectivity index (χ3v) is 5.45. The number of anilines is 1. The number of alkyl halides is 3. The average molecular weight is 455 g/mol. The minimum atomic E-state index is -4.91. The first-order valence-electron chi connectivity index (χ1n) is 7.62. The van der Waals surface area contributed by atoms with Gasteiger partial charge in [0, 0.05) is 23.4 Å². The Morgan fingerprint density at radius 1 is 1.21 bits per heavy atom. The monoisotopic (exact) mass is 454 g/mol. The van der Waals surface area contributed by atoms with Crippen molar-refractivity contribution >= 4 is 46.1 Å². The van der Waals surface area contributed by atoms with Crippen LogP contribution in [0.25, 0.3) is 0 Å². The highest BCUT2D eigenvalue weighted by Gasteiger charge is 2.45. The van der Waals surface area contributed by atoms with E-state index in [9.17, 15) is 26.7 Å². The second kappa shape index (κ2) is 9.13. The average Bonchev–Trinajstić information content (AvgIpc) is 2.63. The lowest BCUT2D eigenvalue weighted by Gasteiger charge is -2.36. The molecule has 0 heterocycles. The highest BCUT2D eigenvalue weighted by molar-refractivity contribution is 7.80. The van der Waals surface area contributed by atoms with Crippen LogP contribution in [0.4, 0.5) is 18.9 Å². The van der Waals surface area contributed by atoms with Crippen molar-refractivity contribution in [1.29, 1.82) is 0 Å². The molecular weight excluding hydrogens is 442 g/mol. The summed E-state index contributed by atoms with van der Waals surface area (Å²) >= 11 is 8.54. The van der Waals surface area contributed by atoms with Crippen molar-refractivity contribution in [3.8, 4) is 0 Å². The fraction of sp³-hybridized carbons (Fsp3) is 0.235. The molecule has 2 aromatic carbocycles. The Morgan fingerprint density at radius 3 is 2.32 bits per heavy atom. The van der Waals surface area contributed by atoms with E-state index in [-0.39, 0.29) is 31.2 Å². The molecule has 5 nitrogen and oxygen atoms in total. The Balaban J connectivity index is 2.47. The number of halogens is 5. The fourth-order valence-electron chi connectivity index (χ4n) is 2.48. The number of methoxy groups -OCH3 is 1. The highest BCUT2D eigenvalue weighted by Crippen LogP contribution is 2.35. The molecule has 0 radical (unpaired) electrons. The number of rotatable bonds is 6. The minimum Gasteiger partial charge on any atom is -0.755 e. The lowest BCUT2D eigenvalue weighted by Crippen LogP contribution is -2.48. The molecule has 0 aliphatic heterocycles. The summed E-state index contributed by atoms with van der Waals surface area (Å²) in [6.07, 6.45) is -5.66. The quantitative estimate of drug-likeness (QED) is 0.474. The second-order valence-electron chi connectivity index (χ2n) is 5.56. The summed E-state index contributed by atoms with van der Waals surface area (Å²) in [5, 5.41) is -0.0339. The topological polar surface area (TPSA) is 69.7 Å². The largest absolute Gasteiger partial charge is 0.755 e. The molecule has 2 aromatic rings. The molecule has 0 bridgehead atoms. The van der Waals surface area contributed by atoms with Crippen molar-refractivity contribution in [2.45, 2.75) is 18.6 Å². The van der Waals surface area contributed by atoms with Crippen LogP contribution in [0.15, 0.2) is 42.5 Å². The smallest absolute Gasteiger partial charge is 0.410 e. The van der Waals surface area contributed by atoms with Gasteiger partial charge in [0.05, 0.1) is 22.7 Å². The zero-order valence-corrected chi connectivity index (χ0v) is 16.5. The van der Waals surface area contributed by atoms with Gasteiger partial charge in [0.15, 0.2) is 0 Å². The molecule has 0 fully saturated rings. The number of ether oxygens (including phenoxy) is 1. The van der Waals surface area contributed by atoms with Crippen molar-refractivity contribution < 1.29 is 31.5 Å². The molecular formula is C17H13Cl2F3NO4S-. The molecule has 0 aliphatic carbocycles. The third kappa shape index (κ3) is 5.16. The lowest BCUT2D eigenvalue weighted by molar-refractivity contribution is -0.145. The summed E-state index contributed by atoms with van der Waals surface area (Å²) < 4.78 is 69.2. The van der Waals surface area contributed by atoms with Crippen molar-refractivity contribution in [2.24, 2.45) is 0 Å². The predicted octanol–water partition coefficient (Wildman–Crippen LogP) is 4.55. The Kier molecular flexibility index (Phi) is 7.33. The summed E-state index contributed by atoms with van der Waals surface area (Å²) in [5.41, 5.74) is -0.177. The van der Waals surface area contributed by atoms with E-state index in [1.54, 1.807) is 0 Å². The number of nitrogens with zero attached hydrogens (tertiary/aromatic N) is 1. The Bertz CT molecular complexity index is 878. The van der Waals surface area contributed by atoms with E-state index < -0.39 is 35.9 Å². The summed E-state index contributed by atoms with van der Waals surface area (Å²) in [6, 6.07) is 6.22. The van der Waals surface area contributed by atoms with Gasteiger partial charge in [0.2, 0.25) is 0 Å². The molecule has 28 heavy (non-hydrogen) atoms. The molecule has 0 amide bonds. The first-order valence-corrected chi connectivity index (χ1v) is 9.41. The summed E-state index contributed by atoms with van der Waals surface area (Å²) in [4.78, 5) is 11.5. The maximum atomic E-state index is 13.7. The van der Waals surface area contributed by atoms with Gasteiger partial charge in [-0.05, 0) is 35.9 Å². The van der Waals surface area contributed by atoms with Gasteiger partial charge in [-0.2, -0.15) is 13.2 Å². The van der Waals surface area contributed by atoms with Crippen LogP contribution in [0, 0.1) is 0 Å². The van der Waals surface area contributed by atoms with E-state index in [1.165, 1.54) is 30.3 Å². The van der Waals surface area contributed by atoms with Crippen LogP contribution in [0.1, 0.15) is 15.9 Å². The number of carbonyl (C=O) groups excluding carboxylic acids is 1. The Morgan fingerprint density at radius 2 is 1.82 bits per heavy atom. The lowest BCUT2D eigenvalue weighted by atomic mass is 10.0. The Hall–Kier alpha value is -1.81. The normalized spacial score (nSPS) is 13.7. The zero-order valence-electron chi connectivity index (χ0n) is 14.2. The van der Waals surface area contributed by atoms with Gasteiger partial charge in [0.25, 0.3) is 0 Å². The van der Waals surface area contributed by atoms with Crippen LogP contribution in [-0.4, -0.2) is 34.1 Å². The van der Waals surface area contributed by atoms with Crippen molar-refractivity contribution in [2.75, 3.05) is 11.4 Å². The van der Waals surface area contributed by atoms with Crippen molar-refractivity contribution in [3.05, 3.63) is 63.6 Å². The maximum absolute atomic E-state index is 13.7. The number of carbonyl (C=O) groups is 1. The third-order valence-electron chi connectivity index (χ3n) is 3.81. The van der Waals surface area contributed by atoms with Gasteiger partial charge in [-0.1, -0.05) is 35.3 Å². The van der Waals surface area contributed by atoms with Crippen LogP contribution in [0.3, 0.4) is 0 Å². The molecule has 2 rings (SSSR count).